The average Bonchev–Trinajstić information content (AvgIpc) is 2.48. The molecule has 1 heterocycles. The predicted octanol–water partition coefficient (Wildman–Crippen LogP) is 0.0533. The fourth-order valence-electron chi connectivity index (χ4n) is 1.56. The zero-order valence-electron chi connectivity index (χ0n) is 7.97. The molecule has 0 bridgehead atoms. The van der Waals surface area contributed by atoms with Crippen molar-refractivity contribution in [3.63, 3.8) is 0 Å². The third kappa shape index (κ3) is 2.68. The molecule has 0 radical (unpaired) electrons. The Morgan fingerprint density at radius 3 is 2.64 bits per heavy atom. The minimum absolute atomic E-state index is 0.291. The molecular formula is C8H14O5S. The second kappa shape index (κ2) is 4.27. The van der Waals surface area contributed by atoms with Gasteiger partial charge < -0.3 is 9.84 Å². The van der Waals surface area contributed by atoms with Gasteiger partial charge in [0.15, 0.2) is 9.84 Å². The van der Waals surface area contributed by atoms with Crippen LogP contribution in [0.5, 0.6) is 0 Å². The molecule has 5 nitrogen and oxygen atoms in total. The van der Waals surface area contributed by atoms with E-state index >= 15 is 0 Å². The van der Waals surface area contributed by atoms with Crippen molar-refractivity contribution in [2.24, 2.45) is 0 Å². The van der Waals surface area contributed by atoms with Crippen LogP contribution < -0.4 is 0 Å². The van der Waals surface area contributed by atoms with Gasteiger partial charge in [-0.15, -0.1) is 0 Å². The Morgan fingerprint density at radius 1 is 1.57 bits per heavy atom. The number of rotatable bonds is 4. The minimum Gasteiger partial charge on any atom is -0.481 e. The summed E-state index contributed by atoms with van der Waals surface area (Å²) in [7, 11) is -3.31. The highest BCUT2D eigenvalue weighted by Crippen LogP contribution is 2.21. The maximum absolute atomic E-state index is 11.6. The molecule has 1 aliphatic rings. The smallest absolute Gasteiger partial charge is 0.304 e. The van der Waals surface area contributed by atoms with Gasteiger partial charge in [-0.3, -0.25) is 4.79 Å². The molecule has 14 heavy (non-hydrogen) atoms. The van der Waals surface area contributed by atoms with Gasteiger partial charge >= 0.3 is 5.97 Å². The standard InChI is InChI=1S/C8H14O5S/c1-6-7(2-4-13-6)14(11,12)5-3-8(9)10/h6-7H,2-5H2,1H3,(H,9,10). The Hall–Kier alpha value is -0.620. The van der Waals surface area contributed by atoms with E-state index in [0.29, 0.717) is 13.0 Å². The number of ether oxygens (including phenoxy) is 1. The Kier molecular flexibility index (Phi) is 3.49. The lowest BCUT2D eigenvalue weighted by Crippen LogP contribution is -2.30. The highest BCUT2D eigenvalue weighted by molar-refractivity contribution is 7.92. The lowest BCUT2D eigenvalue weighted by molar-refractivity contribution is -0.136. The first kappa shape index (κ1) is 11.5. The summed E-state index contributed by atoms with van der Waals surface area (Å²) in [6, 6.07) is 0. The predicted molar refractivity (Wildman–Crippen MR) is 49.9 cm³/mol. The number of aliphatic carboxylic acids is 1. The normalized spacial score (nSPS) is 27.8. The molecule has 1 rings (SSSR count). The van der Waals surface area contributed by atoms with Crippen LogP contribution in [0.2, 0.25) is 0 Å². The first-order valence-electron chi connectivity index (χ1n) is 4.48. The Bertz CT molecular complexity index is 308. The fourth-order valence-corrected chi connectivity index (χ4v) is 3.44. The summed E-state index contributed by atoms with van der Waals surface area (Å²) in [6.07, 6.45) is -0.164. The molecule has 2 atom stereocenters. The van der Waals surface area contributed by atoms with Gasteiger partial charge in [0.2, 0.25) is 0 Å². The molecule has 0 aliphatic carbocycles. The maximum Gasteiger partial charge on any atom is 0.304 e. The fraction of sp³-hybridized carbons (Fsp3) is 0.875. The topological polar surface area (TPSA) is 80.7 Å². The summed E-state index contributed by atoms with van der Waals surface area (Å²) in [5.41, 5.74) is 0. The Balaban J connectivity index is 2.60. The SMILES string of the molecule is CC1OCCC1S(=O)(=O)CCC(=O)O. The van der Waals surface area contributed by atoms with Gasteiger partial charge in [0.05, 0.1) is 23.5 Å². The molecule has 1 saturated heterocycles. The van der Waals surface area contributed by atoms with E-state index in [4.69, 9.17) is 9.84 Å². The van der Waals surface area contributed by atoms with E-state index in [9.17, 15) is 13.2 Å². The van der Waals surface area contributed by atoms with Crippen LogP contribution in [-0.4, -0.2) is 43.2 Å². The molecule has 2 unspecified atom stereocenters. The van der Waals surface area contributed by atoms with E-state index in [1.165, 1.54) is 0 Å². The second-order valence-corrected chi connectivity index (χ2v) is 5.75. The van der Waals surface area contributed by atoms with Crippen LogP contribution >= 0.6 is 0 Å². The van der Waals surface area contributed by atoms with Crippen LogP contribution in [-0.2, 0) is 19.4 Å². The molecule has 0 spiro atoms. The van der Waals surface area contributed by atoms with Crippen LogP contribution in [0.3, 0.4) is 0 Å². The second-order valence-electron chi connectivity index (χ2n) is 3.41. The molecule has 0 aromatic heterocycles. The van der Waals surface area contributed by atoms with Crippen LogP contribution in [0.25, 0.3) is 0 Å². The highest BCUT2D eigenvalue weighted by atomic mass is 32.2. The first-order chi connectivity index (χ1) is 6.43. The molecule has 1 fully saturated rings. The van der Waals surface area contributed by atoms with Crippen molar-refractivity contribution in [1.29, 1.82) is 0 Å². The summed E-state index contributed by atoms with van der Waals surface area (Å²) in [4.78, 5) is 10.2. The van der Waals surface area contributed by atoms with Gasteiger partial charge in [0, 0.05) is 6.61 Å². The van der Waals surface area contributed by atoms with E-state index in [-0.39, 0.29) is 18.3 Å². The first-order valence-corrected chi connectivity index (χ1v) is 6.20. The number of hydrogen-bond donors (Lipinski definition) is 1. The van der Waals surface area contributed by atoms with Crippen molar-refractivity contribution < 1.29 is 23.1 Å². The van der Waals surface area contributed by atoms with Crippen LogP contribution in [0.1, 0.15) is 19.8 Å². The Morgan fingerprint density at radius 2 is 2.21 bits per heavy atom. The quantitative estimate of drug-likeness (QED) is 0.727. The molecular weight excluding hydrogens is 208 g/mol. The molecule has 0 amide bonds. The van der Waals surface area contributed by atoms with Gasteiger partial charge in [-0.25, -0.2) is 8.42 Å². The Labute approximate surface area is 83.0 Å². The van der Waals surface area contributed by atoms with Crippen molar-refractivity contribution in [1.82, 2.24) is 0 Å². The zero-order chi connectivity index (χ0) is 10.8. The van der Waals surface area contributed by atoms with Gasteiger partial charge in [-0.2, -0.15) is 0 Å². The minimum atomic E-state index is -3.31. The van der Waals surface area contributed by atoms with Gasteiger partial charge in [0.1, 0.15) is 0 Å². The largest absolute Gasteiger partial charge is 0.481 e. The van der Waals surface area contributed by atoms with Crippen molar-refractivity contribution in [2.45, 2.75) is 31.1 Å². The third-order valence-corrected chi connectivity index (χ3v) is 4.68. The zero-order valence-corrected chi connectivity index (χ0v) is 8.79. The lowest BCUT2D eigenvalue weighted by atomic mass is 10.3. The summed E-state index contributed by atoms with van der Waals surface area (Å²) in [5, 5.41) is 7.86. The van der Waals surface area contributed by atoms with Gasteiger partial charge in [-0.05, 0) is 13.3 Å². The molecule has 1 aliphatic heterocycles. The van der Waals surface area contributed by atoms with E-state index in [0.717, 1.165) is 0 Å². The van der Waals surface area contributed by atoms with Crippen molar-refractivity contribution >= 4 is 15.8 Å². The van der Waals surface area contributed by atoms with Gasteiger partial charge in [-0.1, -0.05) is 0 Å². The number of hydrogen-bond acceptors (Lipinski definition) is 4. The molecule has 0 aromatic carbocycles. The molecule has 6 heteroatoms. The van der Waals surface area contributed by atoms with Crippen molar-refractivity contribution in [3.05, 3.63) is 0 Å². The van der Waals surface area contributed by atoms with E-state index in [1.807, 2.05) is 0 Å². The number of carboxylic acid groups (broad SMARTS) is 1. The van der Waals surface area contributed by atoms with Crippen LogP contribution in [0.15, 0.2) is 0 Å². The molecule has 0 aromatic rings. The highest BCUT2D eigenvalue weighted by Gasteiger charge is 2.35. The van der Waals surface area contributed by atoms with E-state index < -0.39 is 21.1 Å². The van der Waals surface area contributed by atoms with Gasteiger partial charge in [0.25, 0.3) is 0 Å². The van der Waals surface area contributed by atoms with Crippen LogP contribution in [0, 0.1) is 0 Å². The maximum atomic E-state index is 11.6. The monoisotopic (exact) mass is 222 g/mol. The molecule has 1 N–H and O–H groups in total. The number of sulfone groups is 1. The molecule has 82 valence electrons. The average molecular weight is 222 g/mol. The van der Waals surface area contributed by atoms with E-state index in [1.54, 1.807) is 6.92 Å². The molecule has 0 saturated carbocycles. The third-order valence-electron chi connectivity index (χ3n) is 2.37. The lowest BCUT2D eigenvalue weighted by Gasteiger charge is -2.13. The van der Waals surface area contributed by atoms with E-state index in [2.05, 4.69) is 0 Å². The summed E-state index contributed by atoms with van der Waals surface area (Å²) < 4.78 is 28.3. The van der Waals surface area contributed by atoms with Crippen LogP contribution in [0.4, 0.5) is 0 Å². The summed E-state index contributed by atoms with van der Waals surface area (Å²) in [6.45, 7) is 2.15. The summed E-state index contributed by atoms with van der Waals surface area (Å²) in [5.74, 6) is -1.37. The van der Waals surface area contributed by atoms with Crippen molar-refractivity contribution in [2.75, 3.05) is 12.4 Å². The number of carboxylic acids is 1. The summed E-state index contributed by atoms with van der Waals surface area (Å²) >= 11 is 0. The van der Waals surface area contributed by atoms with Crippen molar-refractivity contribution in [3.8, 4) is 0 Å². The number of carbonyl (C=O) groups is 1.